The van der Waals surface area contributed by atoms with E-state index in [0.29, 0.717) is 5.69 Å². The number of hydrogen-bond donors (Lipinski definition) is 0. The highest BCUT2D eigenvalue weighted by molar-refractivity contribution is 6.31. The lowest BCUT2D eigenvalue weighted by molar-refractivity contribution is 0.584. The van der Waals surface area contributed by atoms with E-state index in [2.05, 4.69) is 10.1 Å². The van der Waals surface area contributed by atoms with Crippen molar-refractivity contribution in [1.82, 2.24) is 19.2 Å². The van der Waals surface area contributed by atoms with Crippen LogP contribution in [0, 0.1) is 11.6 Å². The van der Waals surface area contributed by atoms with Crippen molar-refractivity contribution in [2.45, 2.75) is 19.4 Å². The quantitative estimate of drug-likeness (QED) is 0.478. The minimum Gasteiger partial charge on any atom is -0.307 e. The first-order valence-electron chi connectivity index (χ1n) is 8.30. The molecule has 4 heterocycles. The Bertz CT molecular complexity index is 1160. The highest BCUT2D eigenvalue weighted by atomic mass is 35.5. The number of benzene rings is 1. The molecule has 4 aromatic rings. The monoisotopic (exact) mass is 370 g/mol. The molecule has 1 aliphatic rings. The molecule has 0 fully saturated rings. The Morgan fingerprint density at radius 2 is 1.96 bits per heavy atom. The van der Waals surface area contributed by atoms with Crippen molar-refractivity contribution >= 4 is 17.2 Å². The normalized spacial score (nSPS) is 13.5. The lowest BCUT2D eigenvalue weighted by atomic mass is 9.98. The van der Waals surface area contributed by atoms with Crippen molar-refractivity contribution in [2.75, 3.05) is 0 Å². The second kappa shape index (κ2) is 5.64. The first-order valence-corrected chi connectivity index (χ1v) is 8.68. The van der Waals surface area contributed by atoms with Gasteiger partial charge in [-0.2, -0.15) is 5.10 Å². The molecular formula is C19H13ClF2N4. The van der Waals surface area contributed by atoms with Crippen LogP contribution in [0.4, 0.5) is 8.78 Å². The summed E-state index contributed by atoms with van der Waals surface area (Å²) >= 11 is 5.91. The number of aromatic nitrogens is 4. The summed E-state index contributed by atoms with van der Waals surface area (Å²) in [5, 5.41) is 4.49. The van der Waals surface area contributed by atoms with Crippen LogP contribution in [0.3, 0.4) is 0 Å². The predicted octanol–water partition coefficient (Wildman–Crippen LogP) is 4.74. The molecule has 0 saturated carbocycles. The van der Waals surface area contributed by atoms with Crippen LogP contribution >= 0.6 is 11.6 Å². The average Bonchev–Trinajstić information content (AvgIpc) is 3.32. The second-order valence-corrected chi connectivity index (χ2v) is 6.73. The smallest absolute Gasteiger partial charge is 0.144 e. The van der Waals surface area contributed by atoms with Gasteiger partial charge in [0.15, 0.2) is 0 Å². The number of hydrogen-bond acceptors (Lipinski definition) is 2. The maximum Gasteiger partial charge on any atom is 0.144 e. The number of rotatable bonds is 2. The lowest BCUT2D eigenvalue weighted by Gasteiger charge is -2.09. The van der Waals surface area contributed by atoms with E-state index in [9.17, 15) is 8.78 Å². The van der Waals surface area contributed by atoms with Gasteiger partial charge in [0.05, 0.1) is 5.02 Å². The van der Waals surface area contributed by atoms with Crippen molar-refractivity contribution < 1.29 is 8.78 Å². The molecule has 5 rings (SSSR count). The van der Waals surface area contributed by atoms with Gasteiger partial charge < -0.3 is 4.40 Å². The van der Waals surface area contributed by atoms with Gasteiger partial charge in [0, 0.05) is 53.6 Å². The van der Waals surface area contributed by atoms with Gasteiger partial charge in [0.1, 0.15) is 23.0 Å². The third-order valence-electron chi connectivity index (χ3n) is 4.79. The summed E-state index contributed by atoms with van der Waals surface area (Å²) in [7, 11) is 0. The number of nitrogens with zero attached hydrogens (tertiary/aromatic N) is 4. The fourth-order valence-corrected chi connectivity index (χ4v) is 3.81. The first-order chi connectivity index (χ1) is 12.6. The van der Waals surface area contributed by atoms with E-state index in [4.69, 9.17) is 11.6 Å². The molecule has 1 aromatic carbocycles. The first kappa shape index (κ1) is 15.5. The van der Waals surface area contributed by atoms with Gasteiger partial charge in [-0.05, 0) is 31.0 Å². The molecule has 0 saturated heterocycles. The lowest BCUT2D eigenvalue weighted by Crippen LogP contribution is -1.95. The molecule has 0 atom stereocenters. The molecule has 0 bridgehead atoms. The van der Waals surface area contributed by atoms with Crippen LogP contribution in [0.25, 0.3) is 28.0 Å². The van der Waals surface area contributed by atoms with Crippen molar-refractivity contribution in [1.29, 1.82) is 0 Å². The second-order valence-electron chi connectivity index (χ2n) is 6.32. The molecule has 0 aliphatic carbocycles. The number of imidazole rings is 1. The third kappa shape index (κ3) is 2.18. The minimum atomic E-state index is -0.781. The molecule has 0 spiro atoms. The maximum absolute atomic E-state index is 14.6. The van der Waals surface area contributed by atoms with Gasteiger partial charge in [-0.15, -0.1) is 0 Å². The Labute approximate surface area is 152 Å². The highest BCUT2D eigenvalue weighted by Crippen LogP contribution is 2.40. The van der Waals surface area contributed by atoms with Crippen LogP contribution in [0.5, 0.6) is 0 Å². The molecule has 3 aromatic heterocycles. The van der Waals surface area contributed by atoms with E-state index < -0.39 is 11.6 Å². The summed E-state index contributed by atoms with van der Waals surface area (Å²) in [5.41, 5.74) is 4.18. The topological polar surface area (TPSA) is 35.1 Å². The van der Waals surface area contributed by atoms with Gasteiger partial charge in [0.25, 0.3) is 0 Å². The predicted molar refractivity (Wildman–Crippen MR) is 95.1 cm³/mol. The summed E-state index contributed by atoms with van der Waals surface area (Å²) in [5.74, 6) is -1.46. The summed E-state index contributed by atoms with van der Waals surface area (Å²) in [6.07, 6.45) is 7.32. The van der Waals surface area contributed by atoms with E-state index >= 15 is 0 Å². The van der Waals surface area contributed by atoms with Crippen molar-refractivity contribution in [3.63, 3.8) is 0 Å². The Hall–Kier alpha value is -2.73. The maximum atomic E-state index is 14.6. The van der Waals surface area contributed by atoms with Crippen molar-refractivity contribution in [3.8, 4) is 22.4 Å². The number of aryl methyl sites for hydroxylation is 1. The van der Waals surface area contributed by atoms with Crippen molar-refractivity contribution in [3.05, 3.63) is 65.2 Å². The average molecular weight is 371 g/mol. The summed E-state index contributed by atoms with van der Waals surface area (Å²) < 4.78 is 32.0. The summed E-state index contributed by atoms with van der Waals surface area (Å²) in [6, 6.07) is 5.98. The molecule has 0 unspecified atom stereocenters. The van der Waals surface area contributed by atoms with E-state index in [0.717, 1.165) is 47.9 Å². The molecule has 0 amide bonds. The number of pyridine rings is 1. The Morgan fingerprint density at radius 3 is 2.85 bits per heavy atom. The number of fused-ring (bicyclic) bond motifs is 2. The van der Waals surface area contributed by atoms with Gasteiger partial charge in [-0.1, -0.05) is 11.6 Å². The molecule has 0 N–H and O–H groups in total. The number of halogens is 3. The zero-order chi connectivity index (χ0) is 17.8. The van der Waals surface area contributed by atoms with Crippen LogP contribution in [0.15, 0.2) is 42.9 Å². The minimum absolute atomic E-state index is 0.125. The van der Waals surface area contributed by atoms with Gasteiger partial charge in [-0.3, -0.25) is 4.68 Å². The standard InChI is InChI=1S/C19H13ClF2N4/c20-13-9-12(14(21)10-15(13)22)18-17(16-4-2-7-26(16)24-18)11-3-1-6-25-8-5-23-19(11)25/h1,3,5-6,8-10H,2,4,7H2. The molecule has 7 heteroatoms. The molecule has 4 nitrogen and oxygen atoms in total. The molecule has 0 radical (unpaired) electrons. The van der Waals surface area contributed by atoms with E-state index in [1.54, 1.807) is 6.20 Å². The summed E-state index contributed by atoms with van der Waals surface area (Å²) in [6.45, 7) is 0.774. The van der Waals surface area contributed by atoms with Crippen LogP contribution in [-0.2, 0) is 13.0 Å². The summed E-state index contributed by atoms with van der Waals surface area (Å²) in [4.78, 5) is 4.44. The Morgan fingerprint density at radius 1 is 1.08 bits per heavy atom. The van der Waals surface area contributed by atoms with Gasteiger partial charge in [-0.25, -0.2) is 13.8 Å². The fourth-order valence-electron chi connectivity index (χ4n) is 3.65. The van der Waals surface area contributed by atoms with Crippen LogP contribution in [0.1, 0.15) is 12.1 Å². The zero-order valence-electron chi connectivity index (χ0n) is 13.6. The van der Waals surface area contributed by atoms with Crippen LogP contribution in [-0.4, -0.2) is 19.2 Å². The largest absolute Gasteiger partial charge is 0.307 e. The van der Waals surface area contributed by atoms with E-state index in [1.165, 1.54) is 6.07 Å². The highest BCUT2D eigenvalue weighted by Gasteiger charge is 2.27. The van der Waals surface area contributed by atoms with Crippen LogP contribution in [0.2, 0.25) is 5.02 Å². The zero-order valence-corrected chi connectivity index (χ0v) is 14.3. The molecular weight excluding hydrogens is 358 g/mol. The van der Waals surface area contributed by atoms with Crippen LogP contribution < -0.4 is 0 Å². The van der Waals surface area contributed by atoms with Crippen molar-refractivity contribution in [2.24, 2.45) is 0 Å². The Kier molecular flexibility index (Phi) is 3.37. The van der Waals surface area contributed by atoms with Gasteiger partial charge in [0.2, 0.25) is 0 Å². The van der Waals surface area contributed by atoms with E-state index in [1.807, 2.05) is 33.6 Å². The third-order valence-corrected chi connectivity index (χ3v) is 5.08. The fraction of sp³-hybridized carbons (Fsp3) is 0.158. The SMILES string of the molecule is Fc1cc(F)c(-c2nn3c(c2-c2cccn4ccnc24)CCC3)cc1Cl. The van der Waals surface area contributed by atoms with E-state index in [-0.39, 0.29) is 10.6 Å². The van der Waals surface area contributed by atoms with Gasteiger partial charge >= 0.3 is 0 Å². The molecule has 26 heavy (non-hydrogen) atoms. The molecule has 130 valence electrons. The molecule has 1 aliphatic heterocycles. The Balaban J connectivity index is 1.84.